The number of hydrogen-bond donors (Lipinski definition) is 1. The Balaban J connectivity index is 5.06. The Morgan fingerprint density at radius 2 is 1.25 bits per heavy atom. The summed E-state index contributed by atoms with van der Waals surface area (Å²) in [6.45, 7) is 20.8. The Bertz CT molecular complexity index is 240. The first-order valence-corrected chi connectivity index (χ1v) is 8.46. The lowest BCUT2D eigenvalue weighted by Crippen LogP contribution is -2.58. The van der Waals surface area contributed by atoms with Crippen molar-refractivity contribution < 1.29 is 0 Å². The van der Waals surface area contributed by atoms with E-state index in [1.54, 1.807) is 0 Å². The van der Waals surface area contributed by atoms with Crippen molar-refractivity contribution in [2.45, 2.75) is 106 Å². The highest BCUT2D eigenvalue weighted by molar-refractivity contribution is 4.90. The van der Waals surface area contributed by atoms with Gasteiger partial charge in [0.05, 0.1) is 6.17 Å². The molecule has 0 aromatic carbocycles. The molecule has 2 N–H and O–H groups in total. The van der Waals surface area contributed by atoms with Gasteiger partial charge in [0.25, 0.3) is 0 Å². The lowest BCUT2D eigenvalue weighted by atomic mass is 9.80. The van der Waals surface area contributed by atoms with Crippen molar-refractivity contribution >= 4 is 0 Å². The summed E-state index contributed by atoms with van der Waals surface area (Å²) in [5, 5.41) is 0. The Morgan fingerprint density at radius 1 is 0.850 bits per heavy atom. The van der Waals surface area contributed by atoms with Crippen molar-refractivity contribution in [1.82, 2.24) is 4.90 Å². The Hall–Kier alpha value is -0.0800. The third kappa shape index (κ3) is 6.13. The maximum absolute atomic E-state index is 6.58. The second kappa shape index (κ2) is 7.79. The van der Waals surface area contributed by atoms with Gasteiger partial charge in [-0.2, -0.15) is 0 Å². The van der Waals surface area contributed by atoms with E-state index in [2.05, 4.69) is 67.2 Å². The van der Waals surface area contributed by atoms with Crippen LogP contribution in [0.1, 0.15) is 88.0 Å². The highest BCUT2D eigenvalue weighted by Gasteiger charge is 2.37. The average Bonchev–Trinajstić information content (AvgIpc) is 2.27. The van der Waals surface area contributed by atoms with Crippen LogP contribution in [0, 0.1) is 10.8 Å². The Kier molecular flexibility index (Phi) is 7.76. The average molecular weight is 285 g/mol. The minimum Gasteiger partial charge on any atom is -0.316 e. The molecular formula is C18H40N2. The second-order valence-corrected chi connectivity index (χ2v) is 8.59. The van der Waals surface area contributed by atoms with Crippen LogP contribution in [0.5, 0.6) is 0 Å². The van der Waals surface area contributed by atoms with Gasteiger partial charge >= 0.3 is 0 Å². The fourth-order valence-corrected chi connectivity index (χ4v) is 2.56. The maximum atomic E-state index is 6.58. The number of nitrogens with zero attached hydrogens (tertiary/aromatic N) is 1. The Labute approximate surface area is 128 Å². The summed E-state index contributed by atoms with van der Waals surface area (Å²) < 4.78 is 0. The molecule has 0 aliphatic carbocycles. The molecule has 0 aliphatic rings. The summed E-state index contributed by atoms with van der Waals surface area (Å²) >= 11 is 0. The highest BCUT2D eigenvalue weighted by Crippen LogP contribution is 2.33. The molecule has 3 unspecified atom stereocenters. The third-order valence-corrected chi connectivity index (χ3v) is 4.89. The molecule has 0 aromatic rings. The molecule has 0 spiro atoms. The predicted molar refractivity (Wildman–Crippen MR) is 91.8 cm³/mol. The molecule has 2 heteroatoms. The zero-order valence-corrected chi connectivity index (χ0v) is 15.6. The summed E-state index contributed by atoms with van der Waals surface area (Å²) in [6.07, 6.45) is 5.06. The zero-order chi connectivity index (χ0) is 16.1. The topological polar surface area (TPSA) is 29.3 Å². The number of hydrogen-bond acceptors (Lipinski definition) is 2. The van der Waals surface area contributed by atoms with Crippen molar-refractivity contribution in [3.05, 3.63) is 0 Å². The predicted octanol–water partition coefficient (Wildman–Crippen LogP) is 5.02. The fraction of sp³-hybridized carbons (Fsp3) is 1.00. The van der Waals surface area contributed by atoms with Crippen molar-refractivity contribution in [2.75, 3.05) is 0 Å². The molecule has 0 radical (unpaired) electrons. The van der Waals surface area contributed by atoms with Gasteiger partial charge < -0.3 is 5.73 Å². The van der Waals surface area contributed by atoms with Gasteiger partial charge in [-0.3, -0.25) is 4.90 Å². The van der Waals surface area contributed by atoms with Gasteiger partial charge in [-0.25, -0.2) is 0 Å². The van der Waals surface area contributed by atoms with Crippen molar-refractivity contribution in [3.8, 4) is 0 Å². The van der Waals surface area contributed by atoms with E-state index < -0.39 is 0 Å². The lowest BCUT2D eigenvalue weighted by molar-refractivity contribution is -0.00906. The van der Waals surface area contributed by atoms with Gasteiger partial charge in [0, 0.05) is 12.1 Å². The van der Waals surface area contributed by atoms with Crippen LogP contribution in [0.3, 0.4) is 0 Å². The SMILES string of the molecule is CCCCCC(N)N(C(C)C(C)(C)C)C(C)C(C)(C)C. The normalized spacial score (nSPS) is 18.1. The van der Waals surface area contributed by atoms with Crippen LogP contribution < -0.4 is 5.73 Å². The molecule has 0 fully saturated rings. The standard InChI is InChI=1S/C18H40N2/c1-10-11-12-13-16(19)20(14(2)17(4,5)6)15(3)18(7,8)9/h14-16H,10-13,19H2,1-9H3. The van der Waals surface area contributed by atoms with Gasteiger partial charge in [0.2, 0.25) is 0 Å². The molecule has 0 bridgehead atoms. The molecule has 0 heterocycles. The summed E-state index contributed by atoms with van der Waals surface area (Å²) in [5.74, 6) is 0. The number of nitrogens with two attached hydrogens (primary N) is 1. The van der Waals surface area contributed by atoms with E-state index in [4.69, 9.17) is 5.73 Å². The van der Waals surface area contributed by atoms with Gasteiger partial charge in [0.15, 0.2) is 0 Å². The number of unbranched alkanes of at least 4 members (excludes halogenated alkanes) is 2. The maximum Gasteiger partial charge on any atom is 0.0577 e. The highest BCUT2D eigenvalue weighted by atomic mass is 15.3. The summed E-state index contributed by atoms with van der Waals surface area (Å²) in [4.78, 5) is 2.57. The van der Waals surface area contributed by atoms with Gasteiger partial charge in [0.1, 0.15) is 0 Å². The van der Waals surface area contributed by atoms with Gasteiger partial charge in [-0.1, -0.05) is 67.7 Å². The monoisotopic (exact) mass is 284 g/mol. The first-order valence-electron chi connectivity index (χ1n) is 8.46. The first-order chi connectivity index (χ1) is 8.92. The number of rotatable bonds is 7. The van der Waals surface area contributed by atoms with E-state index in [-0.39, 0.29) is 17.0 Å². The third-order valence-electron chi connectivity index (χ3n) is 4.89. The quantitative estimate of drug-likeness (QED) is 0.525. The van der Waals surface area contributed by atoms with Crippen molar-refractivity contribution in [1.29, 1.82) is 0 Å². The van der Waals surface area contributed by atoms with Crippen LogP contribution in [0.4, 0.5) is 0 Å². The lowest BCUT2D eigenvalue weighted by Gasteiger charge is -2.49. The van der Waals surface area contributed by atoms with Crippen LogP contribution in [-0.2, 0) is 0 Å². The Morgan fingerprint density at radius 3 is 1.55 bits per heavy atom. The molecule has 0 saturated carbocycles. The van der Waals surface area contributed by atoms with E-state index in [1.807, 2.05) is 0 Å². The molecule has 0 rings (SSSR count). The summed E-state index contributed by atoms with van der Waals surface area (Å²) in [6, 6.07) is 0.960. The van der Waals surface area contributed by atoms with Crippen LogP contribution in [-0.4, -0.2) is 23.1 Å². The van der Waals surface area contributed by atoms with Crippen molar-refractivity contribution in [3.63, 3.8) is 0 Å². The van der Waals surface area contributed by atoms with Crippen LogP contribution in [0.25, 0.3) is 0 Å². The van der Waals surface area contributed by atoms with E-state index >= 15 is 0 Å². The minimum absolute atomic E-state index is 0.171. The molecule has 0 aliphatic heterocycles. The van der Waals surface area contributed by atoms with Crippen LogP contribution >= 0.6 is 0 Å². The van der Waals surface area contributed by atoms with Crippen LogP contribution in [0.2, 0.25) is 0 Å². The fourth-order valence-electron chi connectivity index (χ4n) is 2.56. The van der Waals surface area contributed by atoms with E-state index in [1.165, 1.54) is 19.3 Å². The minimum atomic E-state index is 0.171. The van der Waals surface area contributed by atoms with E-state index in [9.17, 15) is 0 Å². The molecule has 0 aromatic heterocycles. The van der Waals surface area contributed by atoms with Gasteiger partial charge in [-0.05, 0) is 31.1 Å². The molecule has 3 atom stereocenters. The summed E-state index contributed by atoms with van der Waals surface area (Å²) in [5.41, 5.74) is 7.08. The van der Waals surface area contributed by atoms with Gasteiger partial charge in [-0.15, -0.1) is 0 Å². The molecular weight excluding hydrogens is 244 g/mol. The smallest absolute Gasteiger partial charge is 0.0577 e. The van der Waals surface area contributed by atoms with E-state index in [0.717, 1.165) is 6.42 Å². The molecule has 0 saturated heterocycles. The molecule has 2 nitrogen and oxygen atoms in total. The molecule has 0 amide bonds. The van der Waals surface area contributed by atoms with E-state index in [0.29, 0.717) is 12.1 Å². The van der Waals surface area contributed by atoms with Crippen molar-refractivity contribution in [2.24, 2.45) is 16.6 Å². The van der Waals surface area contributed by atoms with Crippen LogP contribution in [0.15, 0.2) is 0 Å². The second-order valence-electron chi connectivity index (χ2n) is 8.59. The molecule has 122 valence electrons. The first kappa shape index (κ1) is 19.9. The largest absolute Gasteiger partial charge is 0.316 e. The summed E-state index contributed by atoms with van der Waals surface area (Å²) in [7, 11) is 0. The zero-order valence-electron chi connectivity index (χ0n) is 15.6. The molecule has 20 heavy (non-hydrogen) atoms.